The molecule has 24 heavy (non-hydrogen) atoms. The van der Waals surface area contributed by atoms with Crippen LogP contribution in [0.15, 0.2) is 28.8 Å². The molecule has 2 aromatic rings. The van der Waals surface area contributed by atoms with Crippen LogP contribution in [0.2, 0.25) is 0 Å². The molecule has 0 amide bonds. The van der Waals surface area contributed by atoms with E-state index in [4.69, 9.17) is 4.74 Å². The molecule has 0 spiro atoms. The monoisotopic (exact) mass is 340 g/mol. The summed E-state index contributed by atoms with van der Waals surface area (Å²) in [5.41, 5.74) is 0.632. The third-order valence-electron chi connectivity index (χ3n) is 3.71. The summed E-state index contributed by atoms with van der Waals surface area (Å²) in [5, 5.41) is 3.34. The number of ketones is 1. The van der Waals surface area contributed by atoms with Crippen LogP contribution >= 0.6 is 0 Å². The molecule has 2 heterocycles. The molecule has 0 bridgehead atoms. The molecule has 3 rings (SSSR count). The number of hydrogen-bond donors (Lipinski definition) is 0. The average molecular weight is 340 g/mol. The molecule has 1 aromatic heterocycles. The zero-order valence-corrected chi connectivity index (χ0v) is 13.1. The fourth-order valence-electron chi connectivity index (χ4n) is 2.71. The molecule has 128 valence electrons. The van der Waals surface area contributed by atoms with Gasteiger partial charge < -0.3 is 9.26 Å². The minimum absolute atomic E-state index is 0.119. The lowest BCUT2D eigenvalue weighted by atomic mass is 9.91. The summed E-state index contributed by atoms with van der Waals surface area (Å²) < 4.78 is 47.6. The van der Waals surface area contributed by atoms with Crippen molar-refractivity contribution in [3.63, 3.8) is 0 Å². The van der Waals surface area contributed by atoms with E-state index in [9.17, 15) is 18.0 Å². The normalized spacial score (nSPS) is 21.0. The van der Waals surface area contributed by atoms with Crippen molar-refractivity contribution in [1.82, 2.24) is 10.1 Å². The van der Waals surface area contributed by atoms with Gasteiger partial charge in [-0.1, -0.05) is 29.4 Å². The first-order valence-electron chi connectivity index (χ1n) is 7.35. The number of rotatable bonds is 2. The molecule has 1 saturated heterocycles. The van der Waals surface area contributed by atoms with Gasteiger partial charge in [-0.2, -0.15) is 18.2 Å². The first-order chi connectivity index (χ1) is 11.1. The van der Waals surface area contributed by atoms with Crippen LogP contribution in [0.3, 0.4) is 0 Å². The lowest BCUT2D eigenvalue weighted by Gasteiger charge is -2.35. The Morgan fingerprint density at radius 3 is 2.42 bits per heavy atom. The molecule has 1 fully saturated rings. The second-order valence-electron chi connectivity index (χ2n) is 6.33. The van der Waals surface area contributed by atoms with E-state index in [1.54, 1.807) is 24.3 Å². The van der Waals surface area contributed by atoms with Gasteiger partial charge in [-0.25, -0.2) is 0 Å². The number of ether oxygens (including phenoxy) is 1. The Balaban J connectivity index is 1.81. The van der Waals surface area contributed by atoms with Crippen molar-refractivity contribution in [2.45, 2.75) is 44.6 Å². The van der Waals surface area contributed by atoms with Crippen LogP contribution in [-0.2, 0) is 15.7 Å². The number of Topliss-reactive ketones (excluding diaryl/α,β-unsaturated/α-hetero) is 1. The van der Waals surface area contributed by atoms with Crippen molar-refractivity contribution < 1.29 is 27.2 Å². The maximum Gasteiger partial charge on any atom is 0.471 e. The predicted molar refractivity (Wildman–Crippen MR) is 76.9 cm³/mol. The summed E-state index contributed by atoms with van der Waals surface area (Å²) in [4.78, 5) is 15.2. The van der Waals surface area contributed by atoms with E-state index in [2.05, 4.69) is 14.7 Å². The fourth-order valence-corrected chi connectivity index (χ4v) is 2.71. The van der Waals surface area contributed by atoms with E-state index in [0.29, 0.717) is 12.0 Å². The van der Waals surface area contributed by atoms with E-state index in [1.807, 2.05) is 13.8 Å². The van der Waals surface area contributed by atoms with Gasteiger partial charge in [0.15, 0.2) is 0 Å². The molecule has 0 N–H and O–H groups in total. The molecule has 0 radical (unpaired) electrons. The van der Waals surface area contributed by atoms with Gasteiger partial charge in [0.1, 0.15) is 5.78 Å². The highest BCUT2D eigenvalue weighted by molar-refractivity contribution is 5.80. The van der Waals surface area contributed by atoms with Gasteiger partial charge in [0.25, 0.3) is 0 Å². The third-order valence-corrected chi connectivity index (χ3v) is 3.71. The molecule has 0 saturated carbocycles. The number of aromatic nitrogens is 2. The molecule has 5 nitrogen and oxygen atoms in total. The molecular weight excluding hydrogens is 325 g/mol. The lowest BCUT2D eigenvalue weighted by Crippen LogP contribution is -2.36. The minimum atomic E-state index is -4.67. The number of halogens is 3. The van der Waals surface area contributed by atoms with E-state index in [0.717, 1.165) is 5.56 Å². The number of alkyl halides is 3. The molecular formula is C16H15F3N2O3. The molecule has 1 atom stereocenters. The van der Waals surface area contributed by atoms with Crippen molar-refractivity contribution in [1.29, 1.82) is 0 Å². The zero-order chi connectivity index (χ0) is 17.5. The lowest BCUT2D eigenvalue weighted by molar-refractivity contribution is -0.159. The highest BCUT2D eigenvalue weighted by Crippen LogP contribution is 2.36. The largest absolute Gasteiger partial charge is 0.471 e. The number of carbonyl (C=O) groups excluding carboxylic acids is 1. The van der Waals surface area contributed by atoms with E-state index < -0.39 is 17.7 Å². The highest BCUT2D eigenvalue weighted by atomic mass is 19.4. The van der Waals surface area contributed by atoms with Gasteiger partial charge in [0.2, 0.25) is 5.82 Å². The number of hydrogen-bond acceptors (Lipinski definition) is 5. The van der Waals surface area contributed by atoms with Gasteiger partial charge in [-0.05, 0) is 19.4 Å². The van der Waals surface area contributed by atoms with E-state index >= 15 is 0 Å². The first-order valence-corrected chi connectivity index (χ1v) is 7.35. The summed E-state index contributed by atoms with van der Waals surface area (Å²) in [5.74, 6) is -1.41. The van der Waals surface area contributed by atoms with Crippen LogP contribution in [0.5, 0.6) is 0 Å². The van der Waals surface area contributed by atoms with Crippen molar-refractivity contribution in [3.8, 4) is 11.4 Å². The van der Waals surface area contributed by atoms with Gasteiger partial charge in [0, 0.05) is 18.4 Å². The summed E-state index contributed by atoms with van der Waals surface area (Å²) in [7, 11) is 0. The predicted octanol–water partition coefficient (Wildman–Crippen LogP) is 3.95. The Morgan fingerprint density at radius 2 is 1.88 bits per heavy atom. The second-order valence-corrected chi connectivity index (χ2v) is 6.33. The molecule has 1 aromatic carbocycles. The second kappa shape index (κ2) is 5.70. The SMILES string of the molecule is CC1(C)CC(=O)CC(c2ccc(-c3noc(C(F)(F)F)n3)cc2)O1. The van der Waals surface area contributed by atoms with E-state index in [-0.39, 0.29) is 24.1 Å². The van der Waals surface area contributed by atoms with Gasteiger partial charge in [-0.15, -0.1) is 0 Å². The molecule has 0 aliphatic carbocycles. The maximum atomic E-state index is 12.5. The van der Waals surface area contributed by atoms with Crippen molar-refractivity contribution in [3.05, 3.63) is 35.7 Å². The van der Waals surface area contributed by atoms with Crippen molar-refractivity contribution in [2.24, 2.45) is 0 Å². The smallest absolute Gasteiger partial charge is 0.367 e. The Morgan fingerprint density at radius 1 is 1.21 bits per heavy atom. The summed E-state index contributed by atoms with van der Waals surface area (Å²) >= 11 is 0. The standard InChI is InChI=1S/C16H15F3N2O3/c1-15(2)8-11(22)7-12(23-15)9-3-5-10(6-4-9)13-20-14(24-21-13)16(17,18)19/h3-6,12H,7-8H2,1-2H3. The number of benzene rings is 1. The quantitative estimate of drug-likeness (QED) is 0.828. The van der Waals surface area contributed by atoms with Crippen LogP contribution in [-0.4, -0.2) is 21.5 Å². The van der Waals surface area contributed by atoms with Crippen LogP contribution in [0, 0.1) is 0 Å². The van der Waals surface area contributed by atoms with Crippen LogP contribution in [0.1, 0.15) is 44.2 Å². The minimum Gasteiger partial charge on any atom is -0.367 e. The third kappa shape index (κ3) is 3.48. The van der Waals surface area contributed by atoms with Crippen molar-refractivity contribution >= 4 is 5.78 Å². The number of carbonyl (C=O) groups is 1. The molecule has 8 heteroatoms. The van der Waals surface area contributed by atoms with E-state index in [1.165, 1.54) is 0 Å². The Hall–Kier alpha value is -2.22. The van der Waals surface area contributed by atoms with Gasteiger partial charge in [0.05, 0.1) is 11.7 Å². The Kier molecular flexibility index (Phi) is 3.95. The Bertz CT molecular complexity index is 751. The summed E-state index contributed by atoms with van der Waals surface area (Å²) in [6, 6.07) is 6.54. The average Bonchev–Trinajstić information content (AvgIpc) is 2.95. The van der Waals surface area contributed by atoms with Gasteiger partial charge >= 0.3 is 12.1 Å². The van der Waals surface area contributed by atoms with Crippen LogP contribution < -0.4 is 0 Å². The van der Waals surface area contributed by atoms with Gasteiger partial charge in [-0.3, -0.25) is 4.79 Å². The number of nitrogens with zero attached hydrogens (tertiary/aromatic N) is 2. The highest BCUT2D eigenvalue weighted by Gasteiger charge is 2.38. The van der Waals surface area contributed by atoms with Crippen LogP contribution in [0.25, 0.3) is 11.4 Å². The van der Waals surface area contributed by atoms with Crippen molar-refractivity contribution in [2.75, 3.05) is 0 Å². The molecule has 1 aliphatic rings. The topological polar surface area (TPSA) is 65.2 Å². The zero-order valence-electron chi connectivity index (χ0n) is 13.1. The maximum absolute atomic E-state index is 12.5. The van der Waals surface area contributed by atoms with Crippen LogP contribution in [0.4, 0.5) is 13.2 Å². The molecule has 1 aliphatic heterocycles. The Labute approximate surface area is 135 Å². The summed E-state index contributed by atoms with van der Waals surface area (Å²) in [6.45, 7) is 3.70. The fraction of sp³-hybridized carbons (Fsp3) is 0.438. The summed E-state index contributed by atoms with van der Waals surface area (Å²) in [6.07, 6.45) is -4.40. The first kappa shape index (κ1) is 16.6. The molecule has 1 unspecified atom stereocenters.